The first-order valence-electron chi connectivity index (χ1n) is 10.7. The number of H-pyrrole nitrogens is 1. The number of aromatic amines is 1. The Labute approximate surface area is 185 Å². The molecule has 1 aromatic carbocycles. The van der Waals surface area contributed by atoms with Gasteiger partial charge in [0.15, 0.2) is 5.82 Å². The maximum absolute atomic E-state index is 12.6. The lowest BCUT2D eigenvalue weighted by Gasteiger charge is -2.40. The summed E-state index contributed by atoms with van der Waals surface area (Å²) >= 11 is 0. The monoisotopic (exact) mass is 428 g/mol. The summed E-state index contributed by atoms with van der Waals surface area (Å²) in [5.41, 5.74) is 4.46. The van der Waals surface area contributed by atoms with Gasteiger partial charge in [-0.2, -0.15) is 0 Å². The predicted octanol–water partition coefficient (Wildman–Crippen LogP) is 2.63. The molecule has 2 aromatic heterocycles. The summed E-state index contributed by atoms with van der Waals surface area (Å²) in [6.45, 7) is 5.94. The minimum absolute atomic E-state index is 0.0568. The van der Waals surface area contributed by atoms with E-state index in [1.54, 1.807) is 12.3 Å². The average Bonchev–Trinajstić information content (AvgIpc) is 3.30. The summed E-state index contributed by atoms with van der Waals surface area (Å²) in [7, 11) is 0. The summed E-state index contributed by atoms with van der Waals surface area (Å²) < 4.78 is 0. The van der Waals surface area contributed by atoms with Crippen molar-refractivity contribution in [2.24, 2.45) is 0 Å². The number of anilines is 1. The molecule has 162 valence electrons. The summed E-state index contributed by atoms with van der Waals surface area (Å²) in [5, 5.41) is 9.27. The fraction of sp³-hybridized carbons (Fsp3) is 0.250. The first kappa shape index (κ1) is 20.1. The van der Waals surface area contributed by atoms with Crippen molar-refractivity contribution < 1.29 is 9.59 Å². The van der Waals surface area contributed by atoms with Gasteiger partial charge in [0.25, 0.3) is 5.91 Å². The molecule has 4 N–H and O–H groups in total. The zero-order valence-electron chi connectivity index (χ0n) is 17.6. The number of nitrogens with one attached hydrogen (secondary N) is 4. The molecule has 2 aliphatic heterocycles. The molecule has 0 saturated carbocycles. The minimum atomic E-state index is -0.279. The van der Waals surface area contributed by atoms with Gasteiger partial charge in [0.1, 0.15) is 0 Å². The van der Waals surface area contributed by atoms with Crippen LogP contribution in [0.2, 0.25) is 0 Å². The van der Waals surface area contributed by atoms with Gasteiger partial charge < -0.3 is 20.9 Å². The van der Waals surface area contributed by atoms with Crippen molar-refractivity contribution in [1.29, 1.82) is 0 Å². The van der Waals surface area contributed by atoms with Crippen LogP contribution in [0.5, 0.6) is 0 Å². The number of piperidine rings is 1. The Balaban J connectivity index is 1.50. The van der Waals surface area contributed by atoms with Crippen molar-refractivity contribution in [2.45, 2.75) is 18.3 Å². The van der Waals surface area contributed by atoms with Crippen LogP contribution in [0.3, 0.4) is 0 Å². The molecule has 5 rings (SSSR count). The third kappa shape index (κ3) is 3.58. The Morgan fingerprint density at radius 1 is 1.22 bits per heavy atom. The van der Waals surface area contributed by atoms with Crippen molar-refractivity contribution >= 4 is 17.5 Å². The Morgan fingerprint density at radius 2 is 2.12 bits per heavy atom. The largest absolute Gasteiger partial charge is 0.356 e. The Kier molecular flexibility index (Phi) is 5.07. The second-order valence-corrected chi connectivity index (χ2v) is 8.25. The van der Waals surface area contributed by atoms with Crippen molar-refractivity contribution in [1.82, 2.24) is 25.6 Å². The van der Waals surface area contributed by atoms with Gasteiger partial charge in [-0.05, 0) is 49.7 Å². The smallest absolute Gasteiger partial charge is 0.253 e. The number of aromatic nitrogens is 3. The van der Waals surface area contributed by atoms with Crippen LogP contribution in [-0.4, -0.2) is 46.4 Å². The number of nitrogens with zero attached hydrogens (tertiary/aromatic N) is 2. The fourth-order valence-electron chi connectivity index (χ4n) is 4.53. The van der Waals surface area contributed by atoms with Crippen LogP contribution in [0.25, 0.3) is 22.8 Å². The van der Waals surface area contributed by atoms with Gasteiger partial charge in [-0.1, -0.05) is 18.7 Å². The molecule has 0 bridgehead atoms. The number of carbonyl (C=O) groups excluding carboxylic acids is 2. The highest BCUT2D eigenvalue weighted by atomic mass is 16.2. The fourth-order valence-corrected chi connectivity index (χ4v) is 4.53. The third-order valence-electron chi connectivity index (χ3n) is 6.16. The van der Waals surface area contributed by atoms with Gasteiger partial charge in [-0.15, -0.1) is 0 Å². The van der Waals surface area contributed by atoms with Gasteiger partial charge in [0.2, 0.25) is 5.91 Å². The van der Waals surface area contributed by atoms with Crippen LogP contribution >= 0.6 is 0 Å². The molecule has 1 atom stereocenters. The van der Waals surface area contributed by atoms with E-state index in [9.17, 15) is 9.59 Å². The second kappa shape index (κ2) is 8.05. The molecule has 0 radical (unpaired) electrons. The number of rotatable bonds is 4. The van der Waals surface area contributed by atoms with E-state index in [2.05, 4.69) is 32.5 Å². The van der Waals surface area contributed by atoms with E-state index >= 15 is 0 Å². The van der Waals surface area contributed by atoms with Crippen molar-refractivity contribution in [3.05, 3.63) is 66.5 Å². The molecule has 1 fully saturated rings. The maximum Gasteiger partial charge on any atom is 0.253 e. The van der Waals surface area contributed by atoms with E-state index in [0.717, 1.165) is 42.9 Å². The molecule has 8 heteroatoms. The molecular weight excluding hydrogens is 404 g/mol. The van der Waals surface area contributed by atoms with Gasteiger partial charge >= 0.3 is 0 Å². The molecule has 1 saturated heterocycles. The van der Waals surface area contributed by atoms with E-state index in [-0.39, 0.29) is 17.2 Å². The van der Waals surface area contributed by atoms with Crippen LogP contribution in [0.4, 0.5) is 5.69 Å². The van der Waals surface area contributed by atoms with Gasteiger partial charge in [-0.25, -0.2) is 9.97 Å². The Hall–Kier alpha value is -3.78. The molecule has 2 amide bonds. The second-order valence-electron chi connectivity index (χ2n) is 8.25. The molecule has 32 heavy (non-hydrogen) atoms. The number of amides is 2. The molecule has 4 heterocycles. The summed E-state index contributed by atoms with van der Waals surface area (Å²) in [6.07, 6.45) is 5.01. The van der Waals surface area contributed by atoms with Crippen LogP contribution in [-0.2, 0) is 10.2 Å². The molecule has 1 unspecified atom stereocenters. The summed E-state index contributed by atoms with van der Waals surface area (Å²) in [5.74, 6) is 0.195. The standard InChI is InChI=1S/C24H24N6O2/c1-2-20(31)28-16-6-3-5-15(11-16)22-26-10-7-18(30-22)19-12-17-21(29-19)24(14-27-23(17)32)8-4-9-25-13-24/h2-3,5-7,10-12,25,29H,1,4,8-9,13-14H2,(H,27,32)(H,28,31). The highest BCUT2D eigenvalue weighted by Crippen LogP contribution is 2.37. The van der Waals surface area contributed by atoms with Crippen molar-refractivity contribution in [3.8, 4) is 22.8 Å². The molecule has 1 spiro atoms. The first-order valence-corrected chi connectivity index (χ1v) is 10.7. The van der Waals surface area contributed by atoms with E-state index in [4.69, 9.17) is 4.98 Å². The highest BCUT2D eigenvalue weighted by Gasteiger charge is 2.42. The SMILES string of the molecule is C=CC(=O)Nc1cccc(-c2nccc(-c3cc4c([nH]3)C3(CCCNC3)CNC4=O)n2)c1. The van der Waals surface area contributed by atoms with Crippen molar-refractivity contribution in [3.63, 3.8) is 0 Å². The zero-order chi connectivity index (χ0) is 22.1. The number of carbonyl (C=O) groups is 2. The van der Waals surface area contributed by atoms with E-state index in [0.29, 0.717) is 29.3 Å². The van der Waals surface area contributed by atoms with E-state index in [1.807, 2.05) is 30.3 Å². The quantitative estimate of drug-likeness (QED) is 0.478. The Bertz CT molecular complexity index is 1210. The van der Waals surface area contributed by atoms with Crippen LogP contribution < -0.4 is 16.0 Å². The molecule has 0 aliphatic carbocycles. The predicted molar refractivity (Wildman–Crippen MR) is 122 cm³/mol. The van der Waals surface area contributed by atoms with E-state index in [1.165, 1.54) is 6.08 Å². The van der Waals surface area contributed by atoms with Gasteiger partial charge in [0.05, 0.1) is 17.0 Å². The molecular formula is C24H24N6O2. The van der Waals surface area contributed by atoms with E-state index < -0.39 is 0 Å². The lowest BCUT2D eigenvalue weighted by molar-refractivity contribution is -0.111. The Morgan fingerprint density at radius 3 is 2.94 bits per heavy atom. The number of fused-ring (bicyclic) bond motifs is 2. The topological polar surface area (TPSA) is 112 Å². The van der Waals surface area contributed by atoms with Crippen molar-refractivity contribution in [2.75, 3.05) is 25.0 Å². The highest BCUT2D eigenvalue weighted by molar-refractivity contribution is 5.99. The van der Waals surface area contributed by atoms with Gasteiger partial charge in [0, 0.05) is 41.6 Å². The maximum atomic E-state index is 12.6. The average molecular weight is 428 g/mol. The van der Waals surface area contributed by atoms with Crippen LogP contribution in [0.15, 0.2) is 55.3 Å². The molecule has 3 aromatic rings. The lowest BCUT2D eigenvalue weighted by Crippen LogP contribution is -2.54. The summed E-state index contributed by atoms with van der Waals surface area (Å²) in [4.78, 5) is 36.8. The molecule has 2 aliphatic rings. The van der Waals surface area contributed by atoms with Gasteiger partial charge in [-0.3, -0.25) is 9.59 Å². The zero-order valence-corrected chi connectivity index (χ0v) is 17.6. The number of hydrogen-bond donors (Lipinski definition) is 4. The van der Waals surface area contributed by atoms with Crippen LogP contribution in [0, 0.1) is 0 Å². The summed E-state index contributed by atoms with van der Waals surface area (Å²) in [6, 6.07) is 11.0. The van der Waals surface area contributed by atoms with Crippen LogP contribution in [0.1, 0.15) is 28.9 Å². The first-order chi connectivity index (χ1) is 15.6. The molecule has 8 nitrogen and oxygen atoms in total. The normalized spacial score (nSPS) is 19.8. The lowest BCUT2D eigenvalue weighted by atomic mass is 9.74. The minimum Gasteiger partial charge on any atom is -0.356 e. The number of hydrogen-bond acceptors (Lipinski definition) is 5. The number of benzene rings is 1. The third-order valence-corrected chi connectivity index (χ3v) is 6.16.